The molecule has 364 valence electrons. The van der Waals surface area contributed by atoms with Crippen molar-refractivity contribution in [3.8, 4) is 0 Å². The summed E-state index contributed by atoms with van der Waals surface area (Å²) in [5.41, 5.74) is -0.610. The summed E-state index contributed by atoms with van der Waals surface area (Å²) in [7, 11) is 0. The molecule has 0 aliphatic carbocycles. The quantitative estimate of drug-likeness (QED) is 0.0485. The summed E-state index contributed by atoms with van der Waals surface area (Å²) in [5, 5.41) is 11.8. The number of ether oxygens (including phenoxy) is 2. The molecule has 0 unspecified atom stereocenters. The minimum atomic E-state index is -0.610. The van der Waals surface area contributed by atoms with Gasteiger partial charge in [-0.1, -0.05) is 206 Å². The van der Waals surface area contributed by atoms with Gasteiger partial charge in [-0.2, -0.15) is 0 Å². The van der Waals surface area contributed by atoms with Gasteiger partial charge in [0.1, 0.15) is 0 Å². The van der Waals surface area contributed by atoms with Crippen molar-refractivity contribution in [2.75, 3.05) is 19.8 Å². The molecule has 0 heterocycles. The van der Waals surface area contributed by atoms with Gasteiger partial charge in [-0.25, -0.2) is 0 Å². The Bertz CT molecular complexity index is 858. The van der Waals surface area contributed by atoms with Crippen LogP contribution in [0.25, 0.3) is 0 Å². The van der Waals surface area contributed by atoms with E-state index in [1.807, 2.05) is 0 Å². The van der Waals surface area contributed by atoms with Gasteiger partial charge in [-0.05, 0) is 92.0 Å². The van der Waals surface area contributed by atoms with Crippen LogP contribution < -0.4 is 0 Å². The Balaban J connectivity index is 4.16. The first-order valence-corrected chi connectivity index (χ1v) is 27.4. The van der Waals surface area contributed by atoms with Gasteiger partial charge in [0, 0.05) is 24.9 Å². The lowest BCUT2D eigenvalue weighted by atomic mass is 9.85. The van der Waals surface area contributed by atoms with E-state index in [4.69, 9.17) is 9.47 Å². The summed E-state index contributed by atoms with van der Waals surface area (Å²) in [6.45, 7) is 15.8. The van der Waals surface area contributed by atoms with Crippen molar-refractivity contribution < 1.29 is 24.2 Å². The molecule has 0 amide bonds. The van der Waals surface area contributed by atoms with E-state index in [0.29, 0.717) is 38.1 Å². The predicted octanol–water partition coefficient (Wildman–Crippen LogP) is 17.0. The van der Waals surface area contributed by atoms with Crippen molar-refractivity contribution in [3.63, 3.8) is 0 Å². The van der Waals surface area contributed by atoms with E-state index in [9.17, 15) is 14.7 Å². The fourth-order valence-corrected chi connectivity index (χ4v) is 9.15. The normalized spacial score (nSPS) is 12.0. The second-order valence-electron chi connectivity index (χ2n) is 19.9. The number of rotatable bonds is 49. The first-order chi connectivity index (χ1) is 29.6. The van der Waals surface area contributed by atoms with E-state index in [0.717, 1.165) is 116 Å². The smallest absolute Gasteiger partial charge is 0.305 e. The standard InChI is InChI=1S/C55H109NO5/c1-7-9-11-13-15-17-19-21-23-25-27-29-35-43-53(57)60-49-41-33-31-37-45-55(59,47-39-40-48-56(51(3)4)52(5)6)46-38-32-34-42-50-61-54(58)44-36-30-28-26-24-22-20-18-16-14-12-10-8-2/h51-52,59H,7-50H2,1-6H3. The summed E-state index contributed by atoms with van der Waals surface area (Å²) in [6, 6.07) is 1.08. The molecule has 6 nitrogen and oxygen atoms in total. The highest BCUT2D eigenvalue weighted by Crippen LogP contribution is 2.29. The molecule has 0 rings (SSSR count). The molecule has 0 saturated carbocycles. The predicted molar refractivity (Wildman–Crippen MR) is 264 cm³/mol. The molecule has 0 aromatic heterocycles. The zero-order chi connectivity index (χ0) is 44.9. The third kappa shape index (κ3) is 42.6. The zero-order valence-corrected chi connectivity index (χ0v) is 42.3. The van der Waals surface area contributed by atoms with E-state index in [-0.39, 0.29) is 11.9 Å². The van der Waals surface area contributed by atoms with E-state index < -0.39 is 5.60 Å². The molecule has 0 fully saturated rings. The van der Waals surface area contributed by atoms with Crippen LogP contribution in [-0.2, 0) is 19.1 Å². The van der Waals surface area contributed by atoms with Crippen molar-refractivity contribution in [1.29, 1.82) is 0 Å². The Morgan fingerprint density at radius 1 is 0.393 bits per heavy atom. The number of carbonyl (C=O) groups excluding carboxylic acids is 2. The maximum absolute atomic E-state index is 12.3. The Labute approximate surface area is 382 Å². The maximum Gasteiger partial charge on any atom is 0.305 e. The van der Waals surface area contributed by atoms with Gasteiger partial charge in [0.05, 0.1) is 18.8 Å². The molecule has 0 atom stereocenters. The third-order valence-corrected chi connectivity index (χ3v) is 13.2. The zero-order valence-electron chi connectivity index (χ0n) is 42.3. The monoisotopic (exact) mass is 864 g/mol. The van der Waals surface area contributed by atoms with E-state index in [1.54, 1.807) is 0 Å². The van der Waals surface area contributed by atoms with Gasteiger partial charge < -0.3 is 14.6 Å². The lowest BCUT2D eigenvalue weighted by Gasteiger charge is -2.32. The van der Waals surface area contributed by atoms with Gasteiger partial charge in [0.25, 0.3) is 0 Å². The van der Waals surface area contributed by atoms with Gasteiger partial charge in [0.2, 0.25) is 0 Å². The highest BCUT2D eigenvalue weighted by molar-refractivity contribution is 5.69. The molecule has 0 saturated heterocycles. The first kappa shape index (κ1) is 59.9. The van der Waals surface area contributed by atoms with Crippen LogP contribution in [0, 0.1) is 0 Å². The summed E-state index contributed by atoms with van der Waals surface area (Å²) >= 11 is 0. The number of hydrogen-bond donors (Lipinski definition) is 1. The molecule has 6 heteroatoms. The van der Waals surface area contributed by atoms with Crippen LogP contribution in [-0.4, -0.2) is 59.4 Å². The highest BCUT2D eigenvalue weighted by atomic mass is 16.5. The Hall–Kier alpha value is -1.14. The molecule has 0 aliphatic heterocycles. The highest BCUT2D eigenvalue weighted by Gasteiger charge is 2.25. The minimum absolute atomic E-state index is 0.0332. The van der Waals surface area contributed by atoms with Crippen molar-refractivity contribution in [3.05, 3.63) is 0 Å². The molecule has 0 aromatic carbocycles. The lowest BCUT2D eigenvalue weighted by Crippen LogP contribution is -2.38. The second kappa shape index (κ2) is 45.4. The molecule has 0 radical (unpaired) electrons. The van der Waals surface area contributed by atoms with Crippen LogP contribution in [0.15, 0.2) is 0 Å². The molecule has 0 bridgehead atoms. The fourth-order valence-electron chi connectivity index (χ4n) is 9.15. The number of aliphatic hydroxyl groups is 1. The fraction of sp³-hybridized carbons (Fsp3) is 0.964. The molecule has 1 N–H and O–H groups in total. The first-order valence-electron chi connectivity index (χ1n) is 27.4. The SMILES string of the molecule is CCCCCCCCCCCCCCCC(=O)OCCCCCCC(O)(CCCCCCOC(=O)CCCCCCCCCCCCCCC)CCCCN(C(C)C)C(C)C. The van der Waals surface area contributed by atoms with E-state index >= 15 is 0 Å². The Morgan fingerprint density at radius 2 is 0.656 bits per heavy atom. The van der Waals surface area contributed by atoms with Crippen LogP contribution in [0.5, 0.6) is 0 Å². The largest absolute Gasteiger partial charge is 0.466 e. The molecule has 0 spiro atoms. The van der Waals surface area contributed by atoms with Crippen molar-refractivity contribution in [2.24, 2.45) is 0 Å². The summed E-state index contributed by atoms with van der Waals surface area (Å²) in [4.78, 5) is 27.1. The molecule has 0 aromatic rings. The van der Waals surface area contributed by atoms with Gasteiger partial charge in [-0.3, -0.25) is 14.5 Å². The van der Waals surface area contributed by atoms with Gasteiger partial charge >= 0.3 is 11.9 Å². The second-order valence-corrected chi connectivity index (χ2v) is 19.9. The van der Waals surface area contributed by atoms with Crippen LogP contribution in [0.1, 0.15) is 305 Å². The summed E-state index contributed by atoms with van der Waals surface area (Å²) in [6.07, 6.45) is 48.0. The van der Waals surface area contributed by atoms with Crippen molar-refractivity contribution in [2.45, 2.75) is 322 Å². The van der Waals surface area contributed by atoms with Gasteiger partial charge in [-0.15, -0.1) is 0 Å². The van der Waals surface area contributed by atoms with E-state index in [1.165, 1.54) is 141 Å². The number of esters is 2. The Kier molecular flexibility index (Phi) is 44.6. The van der Waals surface area contributed by atoms with Crippen molar-refractivity contribution in [1.82, 2.24) is 4.90 Å². The van der Waals surface area contributed by atoms with Crippen LogP contribution in [0.2, 0.25) is 0 Å². The number of nitrogens with zero attached hydrogens (tertiary/aromatic N) is 1. The average Bonchev–Trinajstić information content (AvgIpc) is 3.23. The number of hydrogen-bond acceptors (Lipinski definition) is 6. The molecule has 61 heavy (non-hydrogen) atoms. The van der Waals surface area contributed by atoms with Crippen molar-refractivity contribution >= 4 is 11.9 Å². The summed E-state index contributed by atoms with van der Waals surface area (Å²) < 4.78 is 11.1. The lowest BCUT2D eigenvalue weighted by molar-refractivity contribution is -0.144. The number of unbranched alkanes of at least 4 members (excludes halogenated alkanes) is 31. The van der Waals surface area contributed by atoms with Crippen LogP contribution >= 0.6 is 0 Å². The van der Waals surface area contributed by atoms with Crippen LogP contribution in [0.3, 0.4) is 0 Å². The summed E-state index contributed by atoms with van der Waals surface area (Å²) in [5.74, 6) is -0.0664. The maximum atomic E-state index is 12.3. The topological polar surface area (TPSA) is 76.1 Å². The molecular formula is C55H109NO5. The minimum Gasteiger partial charge on any atom is -0.466 e. The van der Waals surface area contributed by atoms with E-state index in [2.05, 4.69) is 46.4 Å². The Morgan fingerprint density at radius 3 is 0.967 bits per heavy atom. The van der Waals surface area contributed by atoms with Gasteiger partial charge in [0.15, 0.2) is 0 Å². The molecule has 0 aliphatic rings. The average molecular weight is 864 g/mol. The number of carbonyl (C=O) groups is 2. The van der Waals surface area contributed by atoms with Crippen LogP contribution in [0.4, 0.5) is 0 Å². The third-order valence-electron chi connectivity index (χ3n) is 13.2. The molecular weight excluding hydrogens is 755 g/mol.